The fourth-order valence-corrected chi connectivity index (χ4v) is 7.35. The molecule has 3 N–H and O–H groups in total. The van der Waals surface area contributed by atoms with Crippen molar-refractivity contribution in [3.8, 4) is 0 Å². The van der Waals surface area contributed by atoms with E-state index in [1.807, 2.05) is 72.9 Å². The Labute approximate surface area is 394 Å². The summed E-state index contributed by atoms with van der Waals surface area (Å²) >= 11 is 0. The second-order valence-corrected chi connectivity index (χ2v) is 17.4. The average Bonchev–Trinajstić information content (AvgIpc) is 3.29. The number of hydrogen-bond acceptors (Lipinski definition) is 5. The summed E-state index contributed by atoms with van der Waals surface area (Å²) in [7, 11) is 0. The minimum atomic E-state index is -0.818. The molecular weight excluding hydrogens is 791 g/mol. The number of hydrogen-bond donors (Lipinski definition) is 3. The van der Waals surface area contributed by atoms with E-state index in [4.69, 9.17) is 4.74 Å². The highest BCUT2D eigenvalue weighted by atomic mass is 16.5. The molecule has 6 nitrogen and oxygen atoms in total. The molecule has 0 aromatic rings. The van der Waals surface area contributed by atoms with E-state index >= 15 is 0 Å². The van der Waals surface area contributed by atoms with Crippen molar-refractivity contribution in [3.63, 3.8) is 0 Å². The number of allylic oxidation sites excluding steroid dienone is 18. The van der Waals surface area contributed by atoms with Crippen LogP contribution in [0.15, 0.2) is 109 Å². The third-order valence-corrected chi connectivity index (χ3v) is 11.3. The molecule has 0 fully saturated rings. The summed E-state index contributed by atoms with van der Waals surface area (Å²) in [5, 5.41) is 23.8. The van der Waals surface area contributed by atoms with Gasteiger partial charge in [-0.25, -0.2) is 0 Å². The number of ether oxygens (including phenoxy) is 1. The van der Waals surface area contributed by atoms with E-state index in [-0.39, 0.29) is 31.3 Å². The Morgan fingerprint density at radius 3 is 1.31 bits per heavy atom. The normalized spacial score (nSPS) is 14.1. The van der Waals surface area contributed by atoms with Crippen LogP contribution in [0, 0.1) is 0 Å². The van der Waals surface area contributed by atoms with Crippen molar-refractivity contribution in [2.75, 3.05) is 6.61 Å². The van der Waals surface area contributed by atoms with E-state index in [1.165, 1.54) is 103 Å². The van der Waals surface area contributed by atoms with Crippen LogP contribution < -0.4 is 5.32 Å². The van der Waals surface area contributed by atoms with Crippen LogP contribution in [0.4, 0.5) is 0 Å². The molecule has 3 atom stereocenters. The van der Waals surface area contributed by atoms with E-state index in [9.17, 15) is 19.8 Å². The van der Waals surface area contributed by atoms with Crippen LogP contribution in [0.1, 0.15) is 220 Å². The average molecular weight is 888 g/mol. The molecule has 0 aromatic heterocycles. The first kappa shape index (κ1) is 60.5. The number of nitrogens with one attached hydrogen (secondary N) is 1. The molecule has 64 heavy (non-hydrogen) atoms. The fraction of sp³-hybridized carbons (Fsp3) is 0.655. The summed E-state index contributed by atoms with van der Waals surface area (Å²) in [4.78, 5) is 26.1. The molecule has 3 unspecified atom stereocenters. The summed E-state index contributed by atoms with van der Waals surface area (Å²) in [6, 6.07) is -0.737. The Hall–Kier alpha value is -3.48. The Balaban J connectivity index is 4.75. The Bertz CT molecular complexity index is 1320. The third kappa shape index (κ3) is 45.1. The van der Waals surface area contributed by atoms with Gasteiger partial charge in [0.15, 0.2) is 0 Å². The molecule has 0 heterocycles. The number of aliphatic hydroxyl groups is 2. The maximum Gasteiger partial charge on any atom is 0.306 e. The van der Waals surface area contributed by atoms with Gasteiger partial charge in [-0.2, -0.15) is 0 Å². The summed E-state index contributed by atoms with van der Waals surface area (Å²) in [6.07, 6.45) is 68.6. The van der Waals surface area contributed by atoms with Gasteiger partial charge in [0.25, 0.3) is 0 Å². The van der Waals surface area contributed by atoms with E-state index < -0.39 is 18.2 Å². The lowest BCUT2D eigenvalue weighted by molar-refractivity contribution is -0.151. The van der Waals surface area contributed by atoms with Crippen molar-refractivity contribution in [1.82, 2.24) is 5.32 Å². The van der Waals surface area contributed by atoms with Crippen LogP contribution in [0.3, 0.4) is 0 Å². The van der Waals surface area contributed by atoms with Crippen LogP contribution in [0.5, 0.6) is 0 Å². The van der Waals surface area contributed by atoms with E-state index in [0.717, 1.165) is 64.2 Å². The van der Waals surface area contributed by atoms with Crippen molar-refractivity contribution < 1.29 is 24.5 Å². The van der Waals surface area contributed by atoms with Crippen molar-refractivity contribution >= 4 is 11.9 Å². The molecule has 0 aromatic carbocycles. The first-order valence-electron chi connectivity index (χ1n) is 26.2. The lowest BCUT2D eigenvalue weighted by atomic mass is 10.0. The van der Waals surface area contributed by atoms with Gasteiger partial charge < -0.3 is 20.3 Å². The van der Waals surface area contributed by atoms with Gasteiger partial charge in [0, 0.05) is 6.42 Å². The molecule has 0 bridgehead atoms. The van der Waals surface area contributed by atoms with E-state index in [0.29, 0.717) is 19.3 Å². The predicted molar refractivity (Wildman–Crippen MR) is 277 cm³/mol. The fourth-order valence-electron chi connectivity index (χ4n) is 7.35. The molecule has 0 rings (SSSR count). The number of carbonyl (C=O) groups excluding carboxylic acids is 2. The first-order chi connectivity index (χ1) is 31.5. The lowest BCUT2D eigenvalue weighted by Gasteiger charge is -2.24. The molecule has 1 amide bonds. The highest BCUT2D eigenvalue weighted by molar-refractivity contribution is 5.77. The van der Waals surface area contributed by atoms with Gasteiger partial charge in [0.1, 0.15) is 6.10 Å². The molecule has 0 aliphatic heterocycles. The minimum absolute atomic E-state index is 0.0163. The summed E-state index contributed by atoms with van der Waals surface area (Å²) in [5.41, 5.74) is 0. The van der Waals surface area contributed by atoms with Crippen LogP contribution >= 0.6 is 0 Å². The minimum Gasteiger partial charge on any atom is -0.462 e. The molecular formula is C58H97NO5. The number of amides is 1. The van der Waals surface area contributed by atoms with E-state index in [2.05, 4.69) is 62.5 Å². The Morgan fingerprint density at radius 1 is 0.469 bits per heavy atom. The van der Waals surface area contributed by atoms with Crippen LogP contribution in [0.25, 0.3) is 0 Å². The van der Waals surface area contributed by atoms with Crippen molar-refractivity contribution in [2.45, 2.75) is 238 Å². The van der Waals surface area contributed by atoms with Gasteiger partial charge in [-0.3, -0.25) is 9.59 Å². The molecule has 0 radical (unpaired) electrons. The summed E-state index contributed by atoms with van der Waals surface area (Å²) < 4.78 is 5.87. The Kier molecular flexibility index (Phi) is 47.8. The number of unbranched alkanes of at least 4 members (excludes halogenated alkanes) is 22. The van der Waals surface area contributed by atoms with Crippen molar-refractivity contribution in [2.24, 2.45) is 0 Å². The third-order valence-electron chi connectivity index (χ3n) is 11.3. The number of rotatable bonds is 45. The van der Waals surface area contributed by atoms with E-state index in [1.54, 1.807) is 0 Å². The highest BCUT2D eigenvalue weighted by Gasteiger charge is 2.24. The largest absolute Gasteiger partial charge is 0.462 e. The zero-order chi connectivity index (χ0) is 46.7. The number of esters is 1. The maximum absolute atomic E-state index is 13.2. The topological polar surface area (TPSA) is 95.9 Å². The van der Waals surface area contributed by atoms with Gasteiger partial charge in [0.05, 0.1) is 25.2 Å². The van der Waals surface area contributed by atoms with Gasteiger partial charge in [0.2, 0.25) is 5.91 Å². The van der Waals surface area contributed by atoms with Crippen molar-refractivity contribution in [3.05, 3.63) is 109 Å². The molecule has 364 valence electrons. The number of aliphatic hydroxyl groups excluding tert-OH is 2. The smallest absolute Gasteiger partial charge is 0.306 e. The van der Waals surface area contributed by atoms with Crippen LogP contribution in [-0.4, -0.2) is 46.9 Å². The van der Waals surface area contributed by atoms with Crippen molar-refractivity contribution in [1.29, 1.82) is 0 Å². The zero-order valence-corrected chi connectivity index (χ0v) is 41.4. The monoisotopic (exact) mass is 888 g/mol. The second-order valence-electron chi connectivity index (χ2n) is 17.4. The molecule has 0 aliphatic rings. The van der Waals surface area contributed by atoms with Gasteiger partial charge >= 0.3 is 5.97 Å². The molecule has 0 saturated heterocycles. The SMILES string of the molecule is CC/C=C/C=C/C=C\C=C/C=C/CCCC(=O)OC(CCCCC/C=C/C=C/C=C/C=C/CCCCC)CC(=O)NC(CO)C(O)CCCCCCCCCCCCCCCCCC. The van der Waals surface area contributed by atoms with Crippen LogP contribution in [0.2, 0.25) is 0 Å². The highest BCUT2D eigenvalue weighted by Crippen LogP contribution is 2.17. The van der Waals surface area contributed by atoms with Gasteiger partial charge in [-0.15, -0.1) is 0 Å². The standard InChI is InChI=1S/C58H97NO5/c1-4-7-10-13-16-19-22-25-27-29-32-34-37-40-43-46-49-54(64-58(63)51-48-45-42-39-36-31-24-21-18-15-12-9-6-3)52-57(62)59-55(53-60)56(61)50-47-44-41-38-35-33-30-28-26-23-20-17-14-11-8-5-2/h9,12,15-16,18-19,21-22,24-25,27,29,31-32,34,36,39,42,54-56,60-61H,4-8,10-11,13-14,17,20,23,26,28,30,33,35,37-38,40-41,43-53H2,1-3H3,(H,59,62)/b12-9+,18-15+,19-16+,24-21-,25-22+,29-27+,34-32+,36-31-,42-39+. The summed E-state index contributed by atoms with van der Waals surface area (Å²) in [6.45, 7) is 6.27. The van der Waals surface area contributed by atoms with Gasteiger partial charge in [-0.05, 0) is 64.2 Å². The maximum atomic E-state index is 13.2. The molecule has 0 saturated carbocycles. The number of carbonyl (C=O) groups is 2. The summed E-state index contributed by atoms with van der Waals surface area (Å²) in [5.74, 6) is -0.609. The lowest BCUT2D eigenvalue weighted by Crippen LogP contribution is -2.46. The van der Waals surface area contributed by atoms with Gasteiger partial charge in [-0.1, -0.05) is 252 Å². The zero-order valence-electron chi connectivity index (χ0n) is 41.4. The molecule has 0 spiro atoms. The molecule has 0 aliphatic carbocycles. The first-order valence-corrected chi connectivity index (χ1v) is 26.2. The Morgan fingerprint density at radius 2 is 0.844 bits per heavy atom. The molecule has 6 heteroatoms. The quantitative estimate of drug-likeness (QED) is 0.0322. The predicted octanol–water partition coefficient (Wildman–Crippen LogP) is 15.9. The second kappa shape index (κ2) is 50.5. The van der Waals surface area contributed by atoms with Crippen LogP contribution in [-0.2, 0) is 14.3 Å².